The van der Waals surface area contributed by atoms with Crippen molar-refractivity contribution in [3.63, 3.8) is 0 Å². The monoisotopic (exact) mass is 357 g/mol. The summed E-state index contributed by atoms with van der Waals surface area (Å²) in [4.78, 5) is 2.93. The molecule has 0 spiro atoms. The minimum Gasteiger partial charge on any atom is -0.379 e. The molecule has 2 aromatic rings. The quantitative estimate of drug-likeness (QED) is 0.839. The van der Waals surface area contributed by atoms with Gasteiger partial charge in [0.25, 0.3) is 0 Å². The highest BCUT2D eigenvalue weighted by molar-refractivity contribution is 7.91. The van der Waals surface area contributed by atoms with Crippen LogP contribution in [0.5, 0.6) is 0 Å². The third kappa shape index (κ3) is 4.18. The van der Waals surface area contributed by atoms with Gasteiger partial charge in [-0.05, 0) is 19.1 Å². The average molecular weight is 357 g/mol. The molecule has 0 unspecified atom stereocenters. The number of ether oxygens (including phenoxy) is 1. The Morgan fingerprint density at radius 3 is 2.83 bits per heavy atom. The summed E-state index contributed by atoms with van der Waals surface area (Å²) in [6.07, 6.45) is 0. The maximum Gasteiger partial charge on any atom is 0.250 e. The van der Waals surface area contributed by atoms with Gasteiger partial charge < -0.3 is 9.26 Å². The SMILES string of the molecule is Cc1cc(-c2ccc(S(=O)(=O)NCCN3CCOCC3)s2)on1. The van der Waals surface area contributed by atoms with Crippen LogP contribution in [0.25, 0.3) is 10.6 Å². The molecule has 1 saturated heterocycles. The zero-order valence-corrected chi connectivity index (χ0v) is 14.5. The van der Waals surface area contributed by atoms with E-state index in [1.165, 1.54) is 11.3 Å². The Morgan fingerprint density at radius 2 is 2.13 bits per heavy atom. The van der Waals surface area contributed by atoms with E-state index in [9.17, 15) is 8.42 Å². The van der Waals surface area contributed by atoms with Crippen LogP contribution in [0.4, 0.5) is 0 Å². The third-order valence-corrected chi connectivity index (χ3v) is 6.59. The van der Waals surface area contributed by atoms with Crippen molar-refractivity contribution in [2.75, 3.05) is 39.4 Å². The average Bonchev–Trinajstić information content (AvgIpc) is 3.17. The van der Waals surface area contributed by atoms with Gasteiger partial charge in [0, 0.05) is 32.2 Å². The maximum atomic E-state index is 12.3. The first-order valence-corrected chi connectivity index (χ1v) is 9.68. The molecule has 2 aromatic heterocycles. The summed E-state index contributed by atoms with van der Waals surface area (Å²) >= 11 is 1.17. The molecule has 1 aliphatic heterocycles. The van der Waals surface area contributed by atoms with Crippen LogP contribution in [0.3, 0.4) is 0 Å². The summed E-state index contributed by atoms with van der Waals surface area (Å²) in [7, 11) is -3.49. The number of nitrogens with zero attached hydrogens (tertiary/aromatic N) is 2. The van der Waals surface area contributed by atoms with Gasteiger partial charge in [-0.25, -0.2) is 13.1 Å². The molecule has 3 rings (SSSR count). The second-order valence-electron chi connectivity index (χ2n) is 5.30. The Kier molecular flexibility index (Phi) is 5.12. The van der Waals surface area contributed by atoms with Crippen LogP contribution in [0, 0.1) is 6.92 Å². The summed E-state index contributed by atoms with van der Waals surface area (Å²) < 4.78 is 38.0. The fraction of sp³-hybridized carbons (Fsp3) is 0.500. The molecule has 1 fully saturated rings. The van der Waals surface area contributed by atoms with Gasteiger partial charge in [-0.2, -0.15) is 0 Å². The minimum atomic E-state index is -3.49. The smallest absolute Gasteiger partial charge is 0.250 e. The number of hydrogen-bond acceptors (Lipinski definition) is 7. The molecule has 126 valence electrons. The van der Waals surface area contributed by atoms with Gasteiger partial charge in [-0.3, -0.25) is 4.90 Å². The predicted molar refractivity (Wildman–Crippen MR) is 87.0 cm³/mol. The van der Waals surface area contributed by atoms with Gasteiger partial charge in [0.15, 0.2) is 5.76 Å². The van der Waals surface area contributed by atoms with Crippen LogP contribution in [-0.2, 0) is 14.8 Å². The summed E-state index contributed by atoms with van der Waals surface area (Å²) in [5.74, 6) is 0.585. The molecule has 0 aromatic carbocycles. The van der Waals surface area contributed by atoms with Crippen molar-refractivity contribution >= 4 is 21.4 Å². The molecule has 0 aliphatic carbocycles. The van der Waals surface area contributed by atoms with Crippen molar-refractivity contribution in [3.8, 4) is 10.6 Å². The molecule has 0 amide bonds. The Morgan fingerprint density at radius 1 is 1.35 bits per heavy atom. The third-order valence-electron chi connectivity index (χ3n) is 3.54. The van der Waals surface area contributed by atoms with E-state index in [1.54, 1.807) is 18.2 Å². The normalized spacial score (nSPS) is 16.7. The van der Waals surface area contributed by atoms with Crippen LogP contribution < -0.4 is 4.72 Å². The summed E-state index contributed by atoms with van der Waals surface area (Å²) in [5.41, 5.74) is 0.765. The number of aromatic nitrogens is 1. The first-order chi connectivity index (χ1) is 11.0. The topological polar surface area (TPSA) is 84.7 Å². The number of nitrogens with one attached hydrogen (secondary N) is 1. The fourth-order valence-corrected chi connectivity index (χ4v) is 4.63. The lowest BCUT2D eigenvalue weighted by Gasteiger charge is -2.26. The lowest BCUT2D eigenvalue weighted by atomic mass is 10.3. The van der Waals surface area contributed by atoms with Crippen LogP contribution >= 0.6 is 11.3 Å². The van der Waals surface area contributed by atoms with Gasteiger partial charge in [0.1, 0.15) is 4.21 Å². The molecule has 0 atom stereocenters. The van der Waals surface area contributed by atoms with Gasteiger partial charge in [0.2, 0.25) is 10.0 Å². The number of hydrogen-bond donors (Lipinski definition) is 1. The summed E-state index contributed by atoms with van der Waals surface area (Å²) in [6.45, 7) is 5.99. The van der Waals surface area contributed by atoms with Gasteiger partial charge >= 0.3 is 0 Å². The van der Waals surface area contributed by atoms with E-state index in [-0.39, 0.29) is 4.21 Å². The largest absolute Gasteiger partial charge is 0.379 e. The van der Waals surface area contributed by atoms with Crippen molar-refractivity contribution in [2.45, 2.75) is 11.1 Å². The van der Waals surface area contributed by atoms with E-state index in [0.29, 0.717) is 32.1 Å². The molecular weight excluding hydrogens is 338 g/mol. The van der Waals surface area contributed by atoms with Gasteiger partial charge in [-0.1, -0.05) is 5.16 Å². The van der Waals surface area contributed by atoms with Crippen LogP contribution in [-0.4, -0.2) is 57.9 Å². The van der Waals surface area contributed by atoms with E-state index >= 15 is 0 Å². The minimum absolute atomic E-state index is 0.281. The molecule has 0 saturated carbocycles. The number of morpholine rings is 1. The van der Waals surface area contributed by atoms with E-state index in [2.05, 4.69) is 14.8 Å². The molecule has 1 N–H and O–H groups in total. The second kappa shape index (κ2) is 7.10. The van der Waals surface area contributed by atoms with Crippen LogP contribution in [0.1, 0.15) is 5.69 Å². The molecule has 9 heteroatoms. The summed E-state index contributed by atoms with van der Waals surface area (Å²) in [6, 6.07) is 5.12. The van der Waals surface area contributed by atoms with Crippen LogP contribution in [0.15, 0.2) is 26.9 Å². The predicted octanol–water partition coefficient (Wildman–Crippen LogP) is 1.32. The Bertz CT molecular complexity index is 748. The highest BCUT2D eigenvalue weighted by Crippen LogP contribution is 2.30. The van der Waals surface area contributed by atoms with Crippen molar-refractivity contribution in [1.82, 2.24) is 14.8 Å². The lowest BCUT2D eigenvalue weighted by Crippen LogP contribution is -2.41. The van der Waals surface area contributed by atoms with Crippen molar-refractivity contribution < 1.29 is 17.7 Å². The first-order valence-electron chi connectivity index (χ1n) is 7.38. The van der Waals surface area contributed by atoms with Crippen molar-refractivity contribution in [1.29, 1.82) is 0 Å². The molecule has 23 heavy (non-hydrogen) atoms. The van der Waals surface area contributed by atoms with E-state index < -0.39 is 10.0 Å². The van der Waals surface area contributed by atoms with E-state index in [4.69, 9.17) is 9.26 Å². The Hall–Kier alpha value is -1.26. The zero-order chi connectivity index (χ0) is 16.3. The molecule has 3 heterocycles. The van der Waals surface area contributed by atoms with E-state index in [1.807, 2.05) is 6.92 Å². The van der Waals surface area contributed by atoms with Gasteiger partial charge in [-0.15, -0.1) is 11.3 Å². The molecule has 1 aliphatic rings. The molecular formula is C14H19N3O4S2. The van der Waals surface area contributed by atoms with Gasteiger partial charge in [0.05, 0.1) is 23.8 Å². The highest BCUT2D eigenvalue weighted by Gasteiger charge is 2.19. The van der Waals surface area contributed by atoms with E-state index in [0.717, 1.165) is 23.7 Å². The first kappa shape index (κ1) is 16.6. The maximum absolute atomic E-state index is 12.3. The molecule has 0 radical (unpaired) electrons. The number of sulfonamides is 1. The zero-order valence-electron chi connectivity index (χ0n) is 12.8. The second-order valence-corrected chi connectivity index (χ2v) is 8.38. The van der Waals surface area contributed by atoms with Crippen molar-refractivity contribution in [3.05, 3.63) is 23.9 Å². The molecule has 7 nitrogen and oxygen atoms in total. The standard InChI is InChI=1S/C14H19N3O4S2/c1-11-10-12(21-16-11)13-2-3-14(22-13)23(18,19)15-4-5-17-6-8-20-9-7-17/h2-3,10,15H,4-9H2,1H3. The van der Waals surface area contributed by atoms with Crippen LogP contribution in [0.2, 0.25) is 0 Å². The number of rotatable bonds is 6. The fourth-order valence-electron chi connectivity index (χ4n) is 2.31. The number of aryl methyl sites for hydroxylation is 1. The lowest BCUT2D eigenvalue weighted by molar-refractivity contribution is 0.0390. The molecule has 0 bridgehead atoms. The van der Waals surface area contributed by atoms with Crippen molar-refractivity contribution in [2.24, 2.45) is 0 Å². The highest BCUT2D eigenvalue weighted by atomic mass is 32.2. The Labute approximate surface area is 139 Å². The Balaban J connectivity index is 1.60. The number of thiophene rings is 1. The summed E-state index contributed by atoms with van der Waals surface area (Å²) in [5, 5.41) is 3.82.